The van der Waals surface area contributed by atoms with Crippen LogP contribution in [0.1, 0.15) is 71.1 Å². The molecule has 2 saturated carbocycles. The second-order valence-corrected chi connectivity index (χ2v) is 7.05. The zero-order valence-electron chi connectivity index (χ0n) is 13.9. The molecule has 0 atom stereocenters. The molecule has 2 rings (SSSR count). The molecule has 1 heteroatoms. The van der Waals surface area contributed by atoms with Crippen LogP contribution >= 0.6 is 0 Å². The largest absolute Gasteiger partial charge is 0.374 e. The third-order valence-electron chi connectivity index (χ3n) is 5.52. The van der Waals surface area contributed by atoms with Crippen LogP contribution in [0.15, 0.2) is 24.8 Å². The van der Waals surface area contributed by atoms with Crippen LogP contribution in [0.5, 0.6) is 0 Å². The highest BCUT2D eigenvalue weighted by atomic mass is 16.5. The van der Waals surface area contributed by atoms with E-state index in [1.54, 1.807) is 0 Å². The van der Waals surface area contributed by atoms with Crippen molar-refractivity contribution in [1.29, 1.82) is 0 Å². The minimum atomic E-state index is 0.507. The molecule has 0 bridgehead atoms. The lowest BCUT2D eigenvalue weighted by Crippen LogP contribution is -2.28. The molecule has 0 spiro atoms. The summed E-state index contributed by atoms with van der Waals surface area (Å²) in [5.74, 6) is 2.86. The van der Waals surface area contributed by atoms with Crippen molar-refractivity contribution >= 4 is 0 Å². The Labute approximate surface area is 131 Å². The van der Waals surface area contributed by atoms with Gasteiger partial charge in [0.05, 0.1) is 12.7 Å². The van der Waals surface area contributed by atoms with Crippen LogP contribution in [0.3, 0.4) is 0 Å². The van der Waals surface area contributed by atoms with Gasteiger partial charge in [-0.15, -0.1) is 6.58 Å². The van der Waals surface area contributed by atoms with Gasteiger partial charge < -0.3 is 4.74 Å². The van der Waals surface area contributed by atoms with Gasteiger partial charge in [-0.1, -0.05) is 31.6 Å². The van der Waals surface area contributed by atoms with Gasteiger partial charge in [-0.2, -0.15) is 0 Å². The molecule has 0 aromatic rings. The molecular formula is C20H34O. The molecule has 2 aliphatic rings. The van der Waals surface area contributed by atoms with Gasteiger partial charge in [0, 0.05) is 0 Å². The van der Waals surface area contributed by atoms with E-state index >= 15 is 0 Å². The summed E-state index contributed by atoms with van der Waals surface area (Å²) in [4.78, 5) is 0. The fraction of sp³-hybridized carbons (Fsp3) is 0.800. The molecule has 21 heavy (non-hydrogen) atoms. The van der Waals surface area contributed by atoms with Crippen molar-refractivity contribution in [2.45, 2.75) is 77.2 Å². The summed E-state index contributed by atoms with van der Waals surface area (Å²) < 4.78 is 5.81. The van der Waals surface area contributed by atoms with Crippen LogP contribution in [0.25, 0.3) is 0 Å². The van der Waals surface area contributed by atoms with Gasteiger partial charge in [-0.3, -0.25) is 0 Å². The topological polar surface area (TPSA) is 9.23 Å². The van der Waals surface area contributed by atoms with Crippen molar-refractivity contribution in [2.24, 2.45) is 17.8 Å². The second-order valence-electron chi connectivity index (χ2n) is 7.05. The number of hydrogen-bond acceptors (Lipinski definition) is 1. The lowest BCUT2D eigenvalue weighted by molar-refractivity contribution is 0.0220. The van der Waals surface area contributed by atoms with E-state index in [-0.39, 0.29) is 0 Å². The molecule has 0 saturated heterocycles. The number of ether oxygens (including phenoxy) is 1. The Balaban J connectivity index is 1.65. The maximum absolute atomic E-state index is 5.81. The molecule has 0 amide bonds. The lowest BCUT2D eigenvalue weighted by atomic mass is 9.70. The van der Waals surface area contributed by atoms with Crippen molar-refractivity contribution < 1.29 is 4.74 Å². The van der Waals surface area contributed by atoms with Crippen molar-refractivity contribution in [1.82, 2.24) is 0 Å². The van der Waals surface area contributed by atoms with E-state index in [9.17, 15) is 0 Å². The minimum absolute atomic E-state index is 0.507. The standard InChI is InChI=1S/C20H34O/c1-3-5-6-7-17-8-10-18(11-9-17)19-12-14-20(15-13-19)21-16-4-2/h4,6-7,17-20H,2-3,5,8-16H2,1H3. The Kier molecular flexibility index (Phi) is 7.57. The van der Waals surface area contributed by atoms with E-state index in [1.165, 1.54) is 64.2 Å². The molecule has 0 aromatic heterocycles. The zero-order valence-corrected chi connectivity index (χ0v) is 13.9. The van der Waals surface area contributed by atoms with Crippen LogP contribution in [-0.4, -0.2) is 12.7 Å². The molecule has 2 fully saturated rings. The SMILES string of the molecule is C=CCOC1CCC(C2CCC(C=CCCC)CC2)CC1. The molecule has 0 heterocycles. The summed E-state index contributed by atoms with van der Waals surface area (Å²) in [7, 11) is 0. The van der Waals surface area contributed by atoms with E-state index in [0.29, 0.717) is 6.10 Å². The lowest BCUT2D eigenvalue weighted by Gasteiger charge is -2.37. The van der Waals surface area contributed by atoms with Crippen LogP contribution in [0, 0.1) is 17.8 Å². The first-order valence-electron chi connectivity index (χ1n) is 9.22. The molecule has 0 unspecified atom stereocenters. The monoisotopic (exact) mass is 290 g/mol. The van der Waals surface area contributed by atoms with Crippen LogP contribution in [0.4, 0.5) is 0 Å². The van der Waals surface area contributed by atoms with Crippen molar-refractivity contribution in [3.63, 3.8) is 0 Å². The molecule has 120 valence electrons. The third kappa shape index (κ3) is 5.62. The highest BCUT2D eigenvalue weighted by molar-refractivity contribution is 4.92. The van der Waals surface area contributed by atoms with Gasteiger partial charge in [0.2, 0.25) is 0 Å². The Morgan fingerprint density at radius 3 is 2.14 bits per heavy atom. The van der Waals surface area contributed by atoms with E-state index in [1.807, 2.05) is 6.08 Å². The average molecular weight is 290 g/mol. The Morgan fingerprint density at radius 1 is 0.952 bits per heavy atom. The maximum Gasteiger partial charge on any atom is 0.0648 e. The number of unbranched alkanes of at least 4 members (excludes halogenated alkanes) is 1. The molecule has 0 N–H and O–H groups in total. The van der Waals surface area contributed by atoms with E-state index < -0.39 is 0 Å². The Bertz CT molecular complexity index is 304. The fourth-order valence-corrected chi connectivity index (χ4v) is 4.19. The molecule has 0 aliphatic heterocycles. The van der Waals surface area contributed by atoms with E-state index in [2.05, 4.69) is 25.7 Å². The summed E-state index contributed by atoms with van der Waals surface area (Å²) in [6.07, 6.45) is 20.9. The van der Waals surface area contributed by atoms with E-state index in [4.69, 9.17) is 4.74 Å². The molecule has 2 aliphatic carbocycles. The van der Waals surface area contributed by atoms with Crippen molar-refractivity contribution in [3.8, 4) is 0 Å². The Morgan fingerprint density at radius 2 is 1.57 bits per heavy atom. The van der Waals surface area contributed by atoms with Crippen molar-refractivity contribution in [3.05, 3.63) is 24.8 Å². The summed E-state index contributed by atoms with van der Waals surface area (Å²) in [6, 6.07) is 0. The van der Waals surface area contributed by atoms with Gasteiger partial charge in [0.1, 0.15) is 0 Å². The molecular weight excluding hydrogens is 256 g/mol. The van der Waals surface area contributed by atoms with Crippen LogP contribution in [-0.2, 0) is 4.74 Å². The first-order valence-corrected chi connectivity index (χ1v) is 9.22. The zero-order chi connectivity index (χ0) is 14.9. The number of rotatable bonds is 7. The van der Waals surface area contributed by atoms with Gasteiger partial charge >= 0.3 is 0 Å². The third-order valence-corrected chi connectivity index (χ3v) is 5.52. The molecule has 1 nitrogen and oxygen atoms in total. The minimum Gasteiger partial charge on any atom is -0.374 e. The first-order chi connectivity index (χ1) is 10.3. The van der Waals surface area contributed by atoms with Gasteiger partial charge in [0.25, 0.3) is 0 Å². The second kappa shape index (κ2) is 9.46. The predicted molar refractivity (Wildman–Crippen MR) is 91.4 cm³/mol. The van der Waals surface area contributed by atoms with E-state index in [0.717, 1.165) is 24.4 Å². The normalized spacial score (nSPS) is 34.1. The smallest absolute Gasteiger partial charge is 0.0648 e. The summed E-state index contributed by atoms with van der Waals surface area (Å²) in [5.41, 5.74) is 0. The fourth-order valence-electron chi connectivity index (χ4n) is 4.19. The quantitative estimate of drug-likeness (QED) is 0.529. The highest BCUT2D eigenvalue weighted by Gasteiger charge is 2.30. The summed E-state index contributed by atoms with van der Waals surface area (Å²) in [5, 5.41) is 0. The van der Waals surface area contributed by atoms with Gasteiger partial charge in [0.15, 0.2) is 0 Å². The van der Waals surface area contributed by atoms with Crippen LogP contribution in [0.2, 0.25) is 0 Å². The first kappa shape index (κ1) is 16.8. The number of hydrogen-bond donors (Lipinski definition) is 0. The van der Waals surface area contributed by atoms with Gasteiger partial charge in [-0.05, 0) is 75.5 Å². The molecule has 0 radical (unpaired) electrons. The maximum atomic E-state index is 5.81. The summed E-state index contributed by atoms with van der Waals surface area (Å²) in [6.45, 7) is 6.72. The van der Waals surface area contributed by atoms with Crippen molar-refractivity contribution in [2.75, 3.05) is 6.61 Å². The van der Waals surface area contributed by atoms with Crippen LogP contribution < -0.4 is 0 Å². The Hall–Kier alpha value is -0.560. The number of allylic oxidation sites excluding steroid dienone is 2. The predicted octanol–water partition coefficient (Wildman–Crippen LogP) is 5.91. The van der Waals surface area contributed by atoms with Gasteiger partial charge in [-0.25, -0.2) is 0 Å². The highest BCUT2D eigenvalue weighted by Crippen LogP contribution is 2.40. The molecule has 0 aromatic carbocycles. The summed E-state index contributed by atoms with van der Waals surface area (Å²) >= 11 is 0. The average Bonchev–Trinajstić information content (AvgIpc) is 2.54.